The second kappa shape index (κ2) is 10.8. The first-order valence-corrected chi connectivity index (χ1v) is 8.48. The number of benzene rings is 2. The van der Waals surface area contributed by atoms with Crippen LogP contribution in [0.5, 0.6) is 5.75 Å². The standard InChI is InChI=1S/C20H27NO2/c22-20(18-11-5-3-6-12-18)17-21-15-9-1-2-10-16-23-19-13-7-4-8-14-19/h3-8,11-14,20-22H,1-2,9-10,15-17H2. The molecule has 0 aliphatic heterocycles. The van der Waals surface area contributed by atoms with E-state index in [4.69, 9.17) is 4.74 Å². The number of rotatable bonds is 11. The molecule has 124 valence electrons. The molecule has 23 heavy (non-hydrogen) atoms. The summed E-state index contributed by atoms with van der Waals surface area (Å²) in [5.74, 6) is 0.948. The number of aliphatic hydroxyl groups is 1. The predicted molar refractivity (Wildman–Crippen MR) is 94.7 cm³/mol. The van der Waals surface area contributed by atoms with E-state index in [2.05, 4.69) is 5.32 Å². The fraction of sp³-hybridized carbons (Fsp3) is 0.400. The van der Waals surface area contributed by atoms with E-state index in [1.165, 1.54) is 12.8 Å². The van der Waals surface area contributed by atoms with Gasteiger partial charge in [0.25, 0.3) is 0 Å². The Morgan fingerprint density at radius 3 is 2.22 bits per heavy atom. The Balaban J connectivity index is 1.42. The normalized spacial score (nSPS) is 12.0. The summed E-state index contributed by atoms with van der Waals surface area (Å²) in [6.45, 7) is 2.34. The Kier molecular flexibility index (Phi) is 8.23. The highest BCUT2D eigenvalue weighted by Crippen LogP contribution is 2.11. The molecule has 2 aromatic rings. The number of aliphatic hydroxyl groups excluding tert-OH is 1. The Hall–Kier alpha value is -1.84. The Morgan fingerprint density at radius 2 is 1.48 bits per heavy atom. The van der Waals surface area contributed by atoms with Crippen molar-refractivity contribution in [3.05, 3.63) is 66.2 Å². The van der Waals surface area contributed by atoms with E-state index >= 15 is 0 Å². The monoisotopic (exact) mass is 313 g/mol. The molecule has 0 aliphatic rings. The second-order valence-electron chi connectivity index (χ2n) is 5.71. The molecule has 0 radical (unpaired) electrons. The topological polar surface area (TPSA) is 41.5 Å². The van der Waals surface area contributed by atoms with Gasteiger partial charge in [-0.15, -0.1) is 0 Å². The van der Waals surface area contributed by atoms with Crippen molar-refractivity contribution in [3.63, 3.8) is 0 Å². The van der Waals surface area contributed by atoms with Gasteiger partial charge in [0, 0.05) is 6.54 Å². The van der Waals surface area contributed by atoms with Crippen molar-refractivity contribution in [1.82, 2.24) is 5.32 Å². The Bertz CT molecular complexity index is 516. The van der Waals surface area contributed by atoms with Crippen LogP contribution in [0.1, 0.15) is 37.4 Å². The molecule has 3 heteroatoms. The van der Waals surface area contributed by atoms with Crippen LogP contribution in [-0.2, 0) is 0 Å². The van der Waals surface area contributed by atoms with Gasteiger partial charge in [-0.3, -0.25) is 0 Å². The van der Waals surface area contributed by atoms with Crippen molar-refractivity contribution in [2.75, 3.05) is 19.7 Å². The summed E-state index contributed by atoms with van der Waals surface area (Å²) in [6.07, 6.45) is 4.16. The zero-order chi connectivity index (χ0) is 16.2. The fourth-order valence-corrected chi connectivity index (χ4v) is 2.44. The molecule has 0 bridgehead atoms. The maximum Gasteiger partial charge on any atom is 0.119 e. The van der Waals surface area contributed by atoms with Crippen molar-refractivity contribution in [3.8, 4) is 5.75 Å². The highest BCUT2D eigenvalue weighted by Gasteiger charge is 2.05. The van der Waals surface area contributed by atoms with Gasteiger partial charge in [0.1, 0.15) is 5.75 Å². The third-order valence-corrected chi connectivity index (χ3v) is 3.78. The number of hydrogen-bond acceptors (Lipinski definition) is 3. The molecular formula is C20H27NO2. The van der Waals surface area contributed by atoms with Crippen LogP contribution < -0.4 is 10.1 Å². The zero-order valence-electron chi connectivity index (χ0n) is 13.7. The van der Waals surface area contributed by atoms with Gasteiger partial charge >= 0.3 is 0 Å². The summed E-state index contributed by atoms with van der Waals surface area (Å²) in [6, 6.07) is 19.7. The quantitative estimate of drug-likeness (QED) is 0.617. The molecule has 1 unspecified atom stereocenters. The van der Waals surface area contributed by atoms with E-state index in [-0.39, 0.29) is 0 Å². The van der Waals surface area contributed by atoms with E-state index < -0.39 is 6.10 Å². The van der Waals surface area contributed by atoms with E-state index in [1.54, 1.807) is 0 Å². The predicted octanol–water partition coefficient (Wildman–Crippen LogP) is 3.95. The van der Waals surface area contributed by atoms with E-state index in [0.29, 0.717) is 6.54 Å². The summed E-state index contributed by atoms with van der Waals surface area (Å²) in [7, 11) is 0. The summed E-state index contributed by atoms with van der Waals surface area (Å²) in [5.41, 5.74) is 0.970. The van der Waals surface area contributed by atoms with Crippen LogP contribution in [0.3, 0.4) is 0 Å². The van der Waals surface area contributed by atoms with E-state index in [1.807, 2.05) is 60.7 Å². The highest BCUT2D eigenvalue weighted by molar-refractivity contribution is 5.20. The molecule has 3 nitrogen and oxygen atoms in total. The van der Waals surface area contributed by atoms with Crippen LogP contribution in [0.2, 0.25) is 0 Å². The lowest BCUT2D eigenvalue weighted by molar-refractivity contribution is 0.174. The summed E-state index contributed by atoms with van der Waals surface area (Å²) in [4.78, 5) is 0. The van der Waals surface area contributed by atoms with Gasteiger partial charge in [0.05, 0.1) is 12.7 Å². The average Bonchev–Trinajstić information content (AvgIpc) is 2.61. The zero-order valence-corrected chi connectivity index (χ0v) is 13.7. The van der Waals surface area contributed by atoms with Gasteiger partial charge in [0.2, 0.25) is 0 Å². The smallest absolute Gasteiger partial charge is 0.119 e. The van der Waals surface area contributed by atoms with Gasteiger partial charge in [0.15, 0.2) is 0 Å². The molecule has 0 amide bonds. The van der Waals surface area contributed by atoms with Gasteiger partial charge in [-0.1, -0.05) is 61.4 Å². The minimum absolute atomic E-state index is 0.421. The number of unbranched alkanes of at least 4 members (excludes halogenated alkanes) is 3. The molecule has 0 heterocycles. The van der Waals surface area contributed by atoms with Crippen LogP contribution in [0.25, 0.3) is 0 Å². The number of ether oxygens (including phenoxy) is 1. The van der Waals surface area contributed by atoms with Crippen molar-refractivity contribution in [2.24, 2.45) is 0 Å². The van der Waals surface area contributed by atoms with Crippen LogP contribution in [-0.4, -0.2) is 24.8 Å². The molecule has 2 rings (SSSR count). The molecular weight excluding hydrogens is 286 g/mol. The lowest BCUT2D eigenvalue weighted by Gasteiger charge is -2.12. The average molecular weight is 313 g/mol. The Labute approximate surface area is 139 Å². The Morgan fingerprint density at radius 1 is 0.826 bits per heavy atom. The molecule has 2 N–H and O–H groups in total. The van der Waals surface area contributed by atoms with E-state index in [9.17, 15) is 5.11 Å². The summed E-state index contributed by atoms with van der Waals surface area (Å²) < 4.78 is 5.67. The highest BCUT2D eigenvalue weighted by atomic mass is 16.5. The largest absolute Gasteiger partial charge is 0.494 e. The fourth-order valence-electron chi connectivity index (χ4n) is 2.44. The minimum atomic E-state index is -0.421. The first-order valence-electron chi connectivity index (χ1n) is 8.48. The first kappa shape index (κ1) is 17.5. The SMILES string of the molecule is OC(CNCCCCCCOc1ccccc1)c1ccccc1. The maximum atomic E-state index is 10.0. The number of hydrogen-bond donors (Lipinski definition) is 2. The molecule has 2 aromatic carbocycles. The molecule has 0 aromatic heterocycles. The minimum Gasteiger partial charge on any atom is -0.494 e. The van der Waals surface area contributed by atoms with Crippen LogP contribution in [0.4, 0.5) is 0 Å². The van der Waals surface area contributed by atoms with Crippen molar-refractivity contribution >= 4 is 0 Å². The van der Waals surface area contributed by atoms with Gasteiger partial charge < -0.3 is 15.2 Å². The number of para-hydroxylation sites is 1. The van der Waals surface area contributed by atoms with Crippen molar-refractivity contribution in [2.45, 2.75) is 31.8 Å². The lowest BCUT2D eigenvalue weighted by atomic mass is 10.1. The summed E-state index contributed by atoms with van der Waals surface area (Å²) >= 11 is 0. The third-order valence-electron chi connectivity index (χ3n) is 3.78. The second-order valence-corrected chi connectivity index (χ2v) is 5.71. The first-order chi connectivity index (χ1) is 11.4. The molecule has 1 atom stereocenters. The number of nitrogens with one attached hydrogen (secondary N) is 1. The molecule has 0 spiro atoms. The van der Waals surface area contributed by atoms with Crippen LogP contribution >= 0.6 is 0 Å². The molecule has 0 saturated heterocycles. The van der Waals surface area contributed by atoms with Crippen molar-refractivity contribution < 1.29 is 9.84 Å². The molecule has 0 fully saturated rings. The maximum absolute atomic E-state index is 10.0. The van der Waals surface area contributed by atoms with Gasteiger partial charge in [-0.25, -0.2) is 0 Å². The molecule has 0 aliphatic carbocycles. The third kappa shape index (κ3) is 7.31. The van der Waals surface area contributed by atoms with E-state index in [0.717, 1.165) is 37.3 Å². The van der Waals surface area contributed by atoms with Crippen LogP contribution in [0, 0.1) is 0 Å². The summed E-state index contributed by atoms with van der Waals surface area (Å²) in [5, 5.41) is 13.3. The molecule has 0 saturated carbocycles. The van der Waals surface area contributed by atoms with Gasteiger partial charge in [-0.05, 0) is 37.1 Å². The van der Waals surface area contributed by atoms with Crippen molar-refractivity contribution in [1.29, 1.82) is 0 Å². The lowest BCUT2D eigenvalue weighted by Crippen LogP contribution is -2.22. The van der Waals surface area contributed by atoms with Gasteiger partial charge in [-0.2, -0.15) is 0 Å². The van der Waals surface area contributed by atoms with Crippen LogP contribution in [0.15, 0.2) is 60.7 Å².